The smallest absolute Gasteiger partial charge is 0.408 e. The first-order valence-corrected chi connectivity index (χ1v) is 16.9. The van der Waals surface area contributed by atoms with Crippen molar-refractivity contribution in [2.24, 2.45) is 29.1 Å². The largest absolute Gasteiger partial charge is 0.445 e. The van der Waals surface area contributed by atoms with Gasteiger partial charge in [-0.3, -0.25) is 10.2 Å². The van der Waals surface area contributed by atoms with Crippen LogP contribution in [0.15, 0.2) is 30.3 Å². The third kappa shape index (κ3) is 9.35. The summed E-state index contributed by atoms with van der Waals surface area (Å²) in [7, 11) is 0. The van der Waals surface area contributed by atoms with Crippen LogP contribution in [-0.2, 0) is 34.9 Å². The number of nitrogens with zero attached hydrogens (tertiary/aromatic N) is 1. The van der Waals surface area contributed by atoms with E-state index in [9.17, 15) is 19.5 Å². The van der Waals surface area contributed by atoms with Crippen molar-refractivity contribution < 1.29 is 43.2 Å². The molecule has 2 bridgehead atoms. The van der Waals surface area contributed by atoms with Crippen LogP contribution in [0.5, 0.6) is 0 Å². The zero-order valence-electron chi connectivity index (χ0n) is 28.2. The fourth-order valence-corrected chi connectivity index (χ4v) is 7.07. The Morgan fingerprint density at radius 3 is 2.38 bits per heavy atom. The number of benzene rings is 1. The quantitative estimate of drug-likeness (QED) is 0.232. The summed E-state index contributed by atoms with van der Waals surface area (Å²) >= 11 is 0. The van der Waals surface area contributed by atoms with Gasteiger partial charge in [-0.05, 0) is 29.7 Å². The van der Waals surface area contributed by atoms with E-state index in [0.29, 0.717) is 45.8 Å². The van der Waals surface area contributed by atoms with Gasteiger partial charge in [-0.1, -0.05) is 65.0 Å². The predicted molar refractivity (Wildman–Crippen MR) is 171 cm³/mol. The highest BCUT2D eigenvalue weighted by atomic mass is 16.7. The van der Waals surface area contributed by atoms with Gasteiger partial charge >= 0.3 is 12.2 Å². The molecule has 4 aliphatic rings. The van der Waals surface area contributed by atoms with Crippen molar-refractivity contribution in [1.82, 2.24) is 21.1 Å². The predicted octanol–water partition coefficient (Wildman–Crippen LogP) is 2.61. The average Bonchev–Trinajstić information content (AvgIpc) is 3.72. The monoisotopic (exact) mass is 660 g/mol. The summed E-state index contributed by atoms with van der Waals surface area (Å²) < 4.78 is 28.3. The molecule has 3 aliphatic heterocycles. The van der Waals surface area contributed by atoms with Gasteiger partial charge in [0.2, 0.25) is 0 Å². The molecular weight excluding hydrogens is 608 g/mol. The highest BCUT2D eigenvalue weighted by Crippen LogP contribution is 2.49. The van der Waals surface area contributed by atoms with Crippen LogP contribution < -0.4 is 16.1 Å². The Bertz CT molecular complexity index is 1210. The number of carbonyl (C=O) groups is 3. The van der Waals surface area contributed by atoms with Crippen molar-refractivity contribution >= 4 is 18.1 Å². The molecule has 0 spiro atoms. The van der Waals surface area contributed by atoms with Gasteiger partial charge < -0.3 is 39.4 Å². The maximum Gasteiger partial charge on any atom is 0.408 e. The van der Waals surface area contributed by atoms with Crippen molar-refractivity contribution in [3.8, 4) is 0 Å². The molecule has 1 aliphatic carbocycles. The number of aliphatic hydroxyl groups excluding tert-OH is 1. The van der Waals surface area contributed by atoms with E-state index < -0.39 is 41.7 Å². The molecule has 13 heteroatoms. The maximum atomic E-state index is 13.7. The first-order chi connectivity index (χ1) is 22.4. The topological polar surface area (TPSA) is 157 Å². The van der Waals surface area contributed by atoms with Gasteiger partial charge in [-0.25, -0.2) is 14.6 Å². The Kier molecular flexibility index (Phi) is 11.7. The average molecular weight is 661 g/mol. The molecular formula is C34H52N4O9. The van der Waals surface area contributed by atoms with Crippen LogP contribution in [0, 0.1) is 29.1 Å². The molecule has 5 rings (SSSR count). The Balaban J connectivity index is 1.25. The van der Waals surface area contributed by atoms with Gasteiger partial charge in [-0.15, -0.1) is 0 Å². The lowest BCUT2D eigenvalue weighted by atomic mass is 9.86. The first kappa shape index (κ1) is 35.3. The number of amides is 3. The molecule has 3 amide bonds. The van der Waals surface area contributed by atoms with E-state index in [2.05, 4.69) is 16.1 Å². The van der Waals surface area contributed by atoms with Gasteiger partial charge in [0.15, 0.2) is 6.29 Å². The Hall–Kier alpha value is -2.97. The van der Waals surface area contributed by atoms with E-state index in [1.807, 2.05) is 65.0 Å². The normalized spacial score (nSPS) is 28.5. The number of carbonyl (C=O) groups excluding carboxylic acids is 3. The number of rotatable bonds is 13. The van der Waals surface area contributed by atoms with Crippen molar-refractivity contribution in [2.45, 2.75) is 90.6 Å². The summed E-state index contributed by atoms with van der Waals surface area (Å²) in [6.45, 7) is 11.8. The lowest BCUT2D eigenvalue weighted by molar-refractivity contribution is -0.169. The summed E-state index contributed by atoms with van der Waals surface area (Å²) in [5.74, 6) is 0.140. The number of ether oxygens (including phenoxy) is 5. The highest BCUT2D eigenvalue weighted by molar-refractivity contribution is 5.86. The third-order valence-electron chi connectivity index (χ3n) is 9.41. The zero-order chi connectivity index (χ0) is 33.7. The number of aliphatic hydroxyl groups is 1. The summed E-state index contributed by atoms with van der Waals surface area (Å²) in [6.07, 6.45) is -1.39. The Morgan fingerprint density at radius 1 is 0.979 bits per heavy atom. The van der Waals surface area contributed by atoms with Crippen LogP contribution in [0.2, 0.25) is 0 Å². The molecule has 6 unspecified atom stereocenters. The second-order valence-electron chi connectivity index (χ2n) is 14.8. The molecule has 3 heterocycles. The van der Waals surface area contributed by atoms with E-state index in [1.54, 1.807) is 5.01 Å². The number of hydrogen-bond donors (Lipinski definition) is 4. The van der Waals surface area contributed by atoms with Crippen molar-refractivity contribution in [3.05, 3.63) is 35.9 Å². The molecule has 0 radical (unpaired) electrons. The highest BCUT2D eigenvalue weighted by Gasteiger charge is 2.56. The first-order valence-electron chi connectivity index (χ1n) is 16.9. The summed E-state index contributed by atoms with van der Waals surface area (Å²) in [6, 6.07) is 7.94. The lowest BCUT2D eigenvalue weighted by Gasteiger charge is -2.35. The SMILES string of the molecule is CC(C)CN(C[C@H](O)[C@H](Cc1ccccc1)NC(=O)OC1C2COC3OCC1C3C2)NC(=O)[C@@H](NC(=O)OC1CCOC1)C(C)(C)C. The minimum Gasteiger partial charge on any atom is -0.445 e. The number of alkyl carbamates (subject to hydrolysis) is 2. The van der Waals surface area contributed by atoms with Crippen LogP contribution in [0.25, 0.3) is 0 Å². The van der Waals surface area contributed by atoms with Crippen molar-refractivity contribution in [2.75, 3.05) is 39.5 Å². The molecule has 47 heavy (non-hydrogen) atoms. The lowest BCUT2D eigenvalue weighted by Crippen LogP contribution is -2.60. The molecule has 13 nitrogen and oxygen atoms in total. The second kappa shape index (κ2) is 15.5. The molecule has 4 fully saturated rings. The van der Waals surface area contributed by atoms with Gasteiger partial charge in [0.25, 0.3) is 5.91 Å². The van der Waals surface area contributed by atoms with Gasteiger partial charge in [0, 0.05) is 37.3 Å². The number of hydrazine groups is 1. The van der Waals surface area contributed by atoms with Gasteiger partial charge in [-0.2, -0.15) is 0 Å². The van der Waals surface area contributed by atoms with Crippen molar-refractivity contribution in [1.29, 1.82) is 0 Å². The summed E-state index contributed by atoms with van der Waals surface area (Å²) in [5, 5.41) is 18.9. The molecule has 1 aromatic carbocycles. The number of fused-ring (bicyclic) bond motifs is 1. The summed E-state index contributed by atoms with van der Waals surface area (Å²) in [5.41, 5.74) is 3.21. The molecule has 4 N–H and O–H groups in total. The standard InChI is InChI=1S/C34H52N4O9/c1-20(2)15-38(37-30(40)29(34(3,4)5)36-33(42)46-23-11-12-43-18-23)16-27(39)26(13-21-9-7-6-8-10-21)35-32(41)47-28-22-14-24-25(28)19-45-31(24)44-17-22/h6-10,20,22-29,31,39H,11-19H2,1-5H3,(H,35,41)(H,36,42)(H,37,40)/t22?,23?,24?,25?,26-,27-,28?,29+,31?/m0/s1. The van der Waals surface area contributed by atoms with E-state index >= 15 is 0 Å². The minimum absolute atomic E-state index is 0.0164. The van der Waals surface area contributed by atoms with Crippen LogP contribution >= 0.6 is 0 Å². The molecule has 9 atom stereocenters. The van der Waals surface area contributed by atoms with E-state index in [-0.39, 0.29) is 48.7 Å². The van der Waals surface area contributed by atoms with E-state index in [4.69, 9.17) is 23.7 Å². The van der Waals surface area contributed by atoms with Crippen molar-refractivity contribution in [3.63, 3.8) is 0 Å². The van der Waals surface area contributed by atoms with Crippen LogP contribution in [0.1, 0.15) is 53.0 Å². The maximum absolute atomic E-state index is 13.7. The number of nitrogens with one attached hydrogen (secondary N) is 3. The molecule has 3 saturated heterocycles. The van der Waals surface area contributed by atoms with E-state index in [0.717, 1.165) is 12.0 Å². The number of hydrogen-bond acceptors (Lipinski definition) is 10. The third-order valence-corrected chi connectivity index (χ3v) is 9.41. The zero-order valence-corrected chi connectivity index (χ0v) is 28.2. The Morgan fingerprint density at radius 2 is 1.70 bits per heavy atom. The van der Waals surface area contributed by atoms with Gasteiger partial charge in [0.05, 0.1) is 38.6 Å². The van der Waals surface area contributed by atoms with Crippen LogP contribution in [0.3, 0.4) is 0 Å². The Labute approximate surface area is 277 Å². The molecule has 1 aromatic rings. The van der Waals surface area contributed by atoms with Crippen LogP contribution in [0.4, 0.5) is 9.59 Å². The molecule has 262 valence electrons. The van der Waals surface area contributed by atoms with Gasteiger partial charge in [0.1, 0.15) is 18.2 Å². The second-order valence-corrected chi connectivity index (χ2v) is 14.8. The fourth-order valence-electron chi connectivity index (χ4n) is 7.07. The van der Waals surface area contributed by atoms with E-state index in [1.165, 1.54) is 0 Å². The summed E-state index contributed by atoms with van der Waals surface area (Å²) in [4.78, 5) is 39.8. The fraction of sp³-hybridized carbons (Fsp3) is 0.735. The minimum atomic E-state index is -1.08. The molecule has 1 saturated carbocycles. The molecule has 0 aromatic heterocycles. The van der Waals surface area contributed by atoms with Crippen LogP contribution in [-0.4, -0.2) is 104 Å².